The van der Waals surface area contributed by atoms with Crippen LogP contribution < -0.4 is 0 Å². The molecule has 19 heteroatoms. The molecule has 0 amide bonds. The quantitative estimate of drug-likeness (QED) is 0.0222. The van der Waals surface area contributed by atoms with Crippen molar-refractivity contribution in [3.05, 3.63) is 0 Å². The lowest BCUT2D eigenvalue weighted by Crippen LogP contribution is -2.30. The molecule has 0 bridgehead atoms. The average Bonchev–Trinajstić information content (AvgIpc) is 3.68. The summed E-state index contributed by atoms with van der Waals surface area (Å²) in [7, 11) is -9.89. The summed E-state index contributed by atoms with van der Waals surface area (Å²) < 4.78 is 68.1. The van der Waals surface area contributed by atoms with Gasteiger partial charge in [-0.1, -0.05) is 286 Å². The Morgan fingerprint density at radius 3 is 0.884 bits per heavy atom. The number of carbonyl (C=O) groups excluding carboxylic acids is 4. The molecule has 0 spiro atoms. The van der Waals surface area contributed by atoms with E-state index >= 15 is 0 Å². The zero-order chi connectivity index (χ0) is 63.6. The fraction of sp³-hybridized carbons (Fsp3) is 0.940. The number of carbonyl (C=O) groups is 4. The summed E-state index contributed by atoms with van der Waals surface area (Å²) in [6.45, 7) is 9.48. The first-order valence-corrected chi connectivity index (χ1v) is 38.0. The number of hydrogen-bond donors (Lipinski definition) is 3. The van der Waals surface area contributed by atoms with Crippen molar-refractivity contribution in [3.63, 3.8) is 0 Å². The predicted molar refractivity (Wildman–Crippen MR) is 345 cm³/mol. The van der Waals surface area contributed by atoms with Crippen LogP contribution in [0.15, 0.2) is 0 Å². The summed E-state index contributed by atoms with van der Waals surface area (Å²) in [5, 5.41) is 10.6. The van der Waals surface area contributed by atoms with Crippen LogP contribution in [0.5, 0.6) is 0 Å². The molecule has 0 aromatic heterocycles. The van der Waals surface area contributed by atoms with E-state index in [1.807, 2.05) is 0 Å². The number of unbranched alkanes of at least 4 members (excludes halogenated alkanes) is 35. The van der Waals surface area contributed by atoms with E-state index in [2.05, 4.69) is 41.5 Å². The van der Waals surface area contributed by atoms with Crippen molar-refractivity contribution in [1.82, 2.24) is 0 Å². The van der Waals surface area contributed by atoms with Crippen molar-refractivity contribution in [1.29, 1.82) is 0 Å². The zero-order valence-corrected chi connectivity index (χ0v) is 57.4. The van der Waals surface area contributed by atoms with Gasteiger partial charge in [0.25, 0.3) is 0 Å². The fourth-order valence-electron chi connectivity index (χ4n) is 10.0. The van der Waals surface area contributed by atoms with E-state index in [0.717, 1.165) is 102 Å². The lowest BCUT2D eigenvalue weighted by molar-refractivity contribution is -0.161. The monoisotopic (exact) mass is 1270 g/mol. The molecule has 510 valence electrons. The molecule has 3 N–H and O–H groups in total. The van der Waals surface area contributed by atoms with Gasteiger partial charge in [0, 0.05) is 25.7 Å². The summed E-state index contributed by atoms with van der Waals surface area (Å²) >= 11 is 0. The van der Waals surface area contributed by atoms with Gasteiger partial charge < -0.3 is 33.8 Å². The fourth-order valence-corrected chi connectivity index (χ4v) is 11.6. The number of esters is 4. The highest BCUT2D eigenvalue weighted by atomic mass is 31.2. The minimum atomic E-state index is -4.95. The van der Waals surface area contributed by atoms with Gasteiger partial charge in [0.1, 0.15) is 19.3 Å². The van der Waals surface area contributed by atoms with E-state index in [0.29, 0.717) is 25.7 Å². The molecule has 6 atom stereocenters. The Morgan fingerprint density at radius 2 is 0.593 bits per heavy atom. The molecule has 17 nitrogen and oxygen atoms in total. The molecule has 0 aliphatic carbocycles. The molecule has 3 unspecified atom stereocenters. The molecule has 86 heavy (non-hydrogen) atoms. The van der Waals surface area contributed by atoms with E-state index < -0.39 is 97.5 Å². The number of phosphoric acid groups is 2. The maximum atomic E-state index is 13.0. The van der Waals surface area contributed by atoms with Gasteiger partial charge in [-0.3, -0.25) is 37.3 Å². The van der Waals surface area contributed by atoms with Crippen LogP contribution in [0.2, 0.25) is 0 Å². The Labute approximate surface area is 524 Å². The number of ether oxygens (including phenoxy) is 4. The highest BCUT2D eigenvalue weighted by molar-refractivity contribution is 7.47. The van der Waals surface area contributed by atoms with E-state index in [-0.39, 0.29) is 25.7 Å². The molecule has 0 heterocycles. The first kappa shape index (κ1) is 84.1. The van der Waals surface area contributed by atoms with Crippen molar-refractivity contribution in [2.75, 3.05) is 39.6 Å². The SMILES string of the molecule is CCCCCCCCCCCCCCC(=O)OC[C@H](COP(=O)(O)OC[C@@H](O)COP(=O)(O)OC[C@@H](COC(=O)CCCCCCCCCCCCC)OC(=O)CCCCCCCCCCC(C)C)OC(=O)CCCCCCCCCCC(C)CC. The van der Waals surface area contributed by atoms with Crippen molar-refractivity contribution >= 4 is 39.5 Å². The standard InChI is InChI=1S/C67H130O17P2/c1-7-10-12-14-16-18-20-22-24-32-38-44-50-65(70)78-56-63(84-67(72)52-46-40-34-28-26-30-36-42-48-60(6)9-3)58-82-86(75,76)80-54-61(68)53-79-85(73,74)81-57-62(83-66(71)51-45-39-33-27-25-29-35-41-47-59(4)5)55-77-64(69)49-43-37-31-23-21-19-17-15-13-11-8-2/h59-63,68H,7-58H2,1-6H3,(H,73,74)(H,75,76)/t60?,61-,62+,63+/m0/s1. The number of rotatable bonds is 66. The van der Waals surface area contributed by atoms with Crippen molar-refractivity contribution in [2.45, 2.75) is 355 Å². The largest absolute Gasteiger partial charge is 0.472 e. The molecular formula is C67H130O17P2. The van der Waals surface area contributed by atoms with E-state index in [4.69, 9.17) is 37.0 Å². The summed E-state index contributed by atoms with van der Waals surface area (Å²) in [5.74, 6) is -0.642. The van der Waals surface area contributed by atoms with Gasteiger partial charge in [-0.2, -0.15) is 0 Å². The lowest BCUT2D eigenvalue weighted by atomic mass is 9.99. The van der Waals surface area contributed by atoms with E-state index in [1.54, 1.807) is 0 Å². The van der Waals surface area contributed by atoms with E-state index in [9.17, 15) is 43.2 Å². The number of phosphoric ester groups is 2. The van der Waals surface area contributed by atoms with Gasteiger partial charge in [0.15, 0.2) is 12.2 Å². The molecule has 0 saturated heterocycles. The summed E-state index contributed by atoms with van der Waals surface area (Å²) in [5.41, 5.74) is 0. The topological polar surface area (TPSA) is 237 Å². The van der Waals surface area contributed by atoms with Gasteiger partial charge in [-0.15, -0.1) is 0 Å². The Bertz CT molecular complexity index is 1690. The molecule has 0 rings (SSSR count). The molecule has 0 aromatic carbocycles. The minimum absolute atomic E-state index is 0.105. The Kier molecular flexibility index (Phi) is 58.0. The van der Waals surface area contributed by atoms with Gasteiger partial charge in [0.05, 0.1) is 26.4 Å². The normalized spacial score (nSPS) is 14.5. The number of aliphatic hydroxyl groups excluding tert-OH is 1. The maximum absolute atomic E-state index is 13.0. The summed E-state index contributed by atoms with van der Waals surface area (Å²) in [6, 6.07) is 0. The van der Waals surface area contributed by atoms with Crippen LogP contribution in [-0.2, 0) is 65.4 Å². The summed E-state index contributed by atoms with van der Waals surface area (Å²) in [6.07, 6.45) is 42.9. The van der Waals surface area contributed by atoms with Crippen molar-refractivity contribution in [3.8, 4) is 0 Å². The van der Waals surface area contributed by atoms with E-state index in [1.165, 1.54) is 154 Å². The van der Waals surface area contributed by atoms with Gasteiger partial charge in [-0.05, 0) is 37.5 Å². The average molecular weight is 1270 g/mol. The Hall–Kier alpha value is -1.94. The van der Waals surface area contributed by atoms with Crippen LogP contribution in [0.25, 0.3) is 0 Å². The maximum Gasteiger partial charge on any atom is 0.472 e. The number of aliphatic hydroxyl groups is 1. The molecule has 0 radical (unpaired) electrons. The first-order chi connectivity index (χ1) is 41.4. The molecule has 0 fully saturated rings. The minimum Gasteiger partial charge on any atom is -0.462 e. The smallest absolute Gasteiger partial charge is 0.462 e. The molecule has 0 saturated carbocycles. The first-order valence-electron chi connectivity index (χ1n) is 35.0. The zero-order valence-electron chi connectivity index (χ0n) is 55.6. The van der Waals surface area contributed by atoms with Crippen LogP contribution in [0.4, 0.5) is 0 Å². The van der Waals surface area contributed by atoms with Crippen molar-refractivity contribution in [2.24, 2.45) is 11.8 Å². The van der Waals surface area contributed by atoms with Gasteiger partial charge >= 0.3 is 39.5 Å². The van der Waals surface area contributed by atoms with Crippen molar-refractivity contribution < 1.29 is 80.2 Å². The third kappa shape index (κ3) is 59.7. The molecule has 0 aromatic rings. The second kappa shape index (κ2) is 59.4. The van der Waals surface area contributed by atoms with Gasteiger partial charge in [0.2, 0.25) is 0 Å². The van der Waals surface area contributed by atoms with Crippen LogP contribution in [0, 0.1) is 11.8 Å². The Morgan fingerprint density at radius 1 is 0.337 bits per heavy atom. The molecule has 0 aliphatic rings. The summed E-state index contributed by atoms with van der Waals surface area (Å²) in [4.78, 5) is 72.4. The van der Waals surface area contributed by atoms with Crippen LogP contribution >= 0.6 is 15.6 Å². The molecule has 0 aliphatic heterocycles. The van der Waals surface area contributed by atoms with Crippen LogP contribution in [-0.4, -0.2) is 96.7 Å². The third-order valence-electron chi connectivity index (χ3n) is 15.8. The van der Waals surface area contributed by atoms with Crippen LogP contribution in [0.3, 0.4) is 0 Å². The lowest BCUT2D eigenvalue weighted by Gasteiger charge is -2.21. The number of hydrogen-bond acceptors (Lipinski definition) is 15. The second-order valence-corrected chi connectivity index (χ2v) is 27.8. The highest BCUT2D eigenvalue weighted by Gasteiger charge is 2.30. The van der Waals surface area contributed by atoms with Gasteiger partial charge in [-0.25, -0.2) is 9.13 Å². The molecular weight excluding hydrogens is 1140 g/mol. The van der Waals surface area contributed by atoms with Crippen LogP contribution in [0.1, 0.15) is 337 Å². The third-order valence-corrected chi connectivity index (χ3v) is 17.7. The highest BCUT2D eigenvalue weighted by Crippen LogP contribution is 2.45. The predicted octanol–water partition coefficient (Wildman–Crippen LogP) is 18.8. The Balaban J connectivity index is 5.26. The second-order valence-electron chi connectivity index (χ2n) is 24.9.